The van der Waals surface area contributed by atoms with Crippen LogP contribution in [0, 0.1) is 0 Å². The number of amides is 1. The summed E-state index contributed by atoms with van der Waals surface area (Å²) in [5, 5.41) is 2.82. The maximum atomic E-state index is 12.9. The number of halogens is 1. The van der Waals surface area contributed by atoms with Crippen molar-refractivity contribution >= 4 is 5.91 Å². The quantitative estimate of drug-likeness (QED) is 0.803. The molecule has 1 aromatic heterocycles. The second kappa shape index (κ2) is 4.38. The molecule has 15 heavy (non-hydrogen) atoms. The molecule has 0 unspecified atom stereocenters. The molecule has 0 bridgehead atoms. The second-order valence-corrected chi connectivity index (χ2v) is 3.82. The summed E-state index contributed by atoms with van der Waals surface area (Å²) in [4.78, 5) is 15.5. The lowest BCUT2D eigenvalue weighted by molar-refractivity contribution is 0.0936. The van der Waals surface area contributed by atoms with E-state index in [9.17, 15) is 9.18 Å². The monoisotopic (exact) mass is 208 g/mol. The van der Waals surface area contributed by atoms with Gasteiger partial charge in [0.15, 0.2) is 0 Å². The molecule has 0 spiro atoms. The number of alkyl halides is 1. The minimum atomic E-state index is -0.757. The molecule has 2 atom stereocenters. The third kappa shape index (κ3) is 2.52. The lowest BCUT2D eigenvalue weighted by Crippen LogP contribution is -2.33. The molecule has 2 rings (SSSR count). The summed E-state index contributed by atoms with van der Waals surface area (Å²) >= 11 is 0. The topological polar surface area (TPSA) is 42.0 Å². The van der Waals surface area contributed by atoms with E-state index in [4.69, 9.17) is 0 Å². The van der Waals surface area contributed by atoms with Crippen LogP contribution >= 0.6 is 0 Å². The molecule has 1 saturated carbocycles. The predicted octanol–water partition coefficient (Wildman–Crippen LogP) is 1.70. The third-order valence-electron chi connectivity index (χ3n) is 2.65. The highest BCUT2D eigenvalue weighted by molar-refractivity contribution is 5.94. The van der Waals surface area contributed by atoms with Crippen LogP contribution in [0.2, 0.25) is 0 Å². The van der Waals surface area contributed by atoms with E-state index in [1.54, 1.807) is 24.5 Å². The van der Waals surface area contributed by atoms with E-state index in [-0.39, 0.29) is 11.9 Å². The Morgan fingerprint density at radius 3 is 2.73 bits per heavy atom. The Morgan fingerprint density at radius 1 is 1.40 bits per heavy atom. The van der Waals surface area contributed by atoms with E-state index < -0.39 is 6.17 Å². The van der Waals surface area contributed by atoms with Gasteiger partial charge in [0.1, 0.15) is 6.17 Å². The van der Waals surface area contributed by atoms with E-state index >= 15 is 0 Å². The summed E-state index contributed by atoms with van der Waals surface area (Å²) < 4.78 is 12.9. The number of carbonyl (C=O) groups is 1. The summed E-state index contributed by atoms with van der Waals surface area (Å²) in [5.74, 6) is -0.142. The third-order valence-corrected chi connectivity index (χ3v) is 2.65. The van der Waals surface area contributed by atoms with Gasteiger partial charge in [0.05, 0.1) is 0 Å². The Labute approximate surface area is 87.7 Å². The first-order valence-corrected chi connectivity index (χ1v) is 5.10. The molecular weight excluding hydrogens is 195 g/mol. The van der Waals surface area contributed by atoms with Crippen molar-refractivity contribution in [2.24, 2.45) is 0 Å². The number of rotatable bonds is 2. The summed E-state index contributed by atoms with van der Waals surface area (Å²) in [6, 6.07) is 3.29. The number of pyridine rings is 1. The molecule has 4 heteroatoms. The van der Waals surface area contributed by atoms with Crippen LogP contribution in [0.4, 0.5) is 4.39 Å². The first-order chi connectivity index (χ1) is 7.25. The average molecular weight is 208 g/mol. The van der Waals surface area contributed by atoms with Gasteiger partial charge in [-0.2, -0.15) is 0 Å². The smallest absolute Gasteiger partial charge is 0.251 e. The Balaban J connectivity index is 1.93. The summed E-state index contributed by atoms with van der Waals surface area (Å²) in [6.07, 6.45) is 4.12. The van der Waals surface area contributed by atoms with Crippen molar-refractivity contribution in [1.82, 2.24) is 10.3 Å². The van der Waals surface area contributed by atoms with Gasteiger partial charge in [0, 0.05) is 24.0 Å². The molecule has 1 fully saturated rings. The fourth-order valence-corrected chi connectivity index (χ4v) is 1.83. The number of nitrogens with one attached hydrogen (secondary N) is 1. The summed E-state index contributed by atoms with van der Waals surface area (Å²) in [5.41, 5.74) is 0.576. The number of carbonyl (C=O) groups excluding carboxylic acids is 1. The Bertz CT molecular complexity index is 342. The largest absolute Gasteiger partial charge is 0.349 e. The molecule has 0 saturated heterocycles. The highest BCUT2D eigenvalue weighted by Crippen LogP contribution is 2.21. The molecule has 80 valence electrons. The number of aromatic nitrogens is 1. The fourth-order valence-electron chi connectivity index (χ4n) is 1.83. The SMILES string of the molecule is O=C(N[C@@H]1CC[C@@H](F)C1)c1ccncc1. The van der Waals surface area contributed by atoms with E-state index in [1.807, 2.05) is 0 Å². The van der Waals surface area contributed by atoms with Gasteiger partial charge in [-0.15, -0.1) is 0 Å². The standard InChI is InChI=1S/C11H13FN2O/c12-9-1-2-10(7-9)14-11(15)8-3-5-13-6-4-8/h3-6,9-10H,1-2,7H2,(H,14,15)/t9-,10-/m1/s1. The molecular formula is C11H13FN2O. The lowest BCUT2D eigenvalue weighted by atomic mass is 10.2. The summed E-state index contributed by atoms with van der Waals surface area (Å²) in [7, 11) is 0. The minimum absolute atomic E-state index is 0.0133. The van der Waals surface area contributed by atoms with Gasteiger partial charge in [-0.05, 0) is 31.4 Å². The van der Waals surface area contributed by atoms with Crippen LogP contribution in [-0.2, 0) is 0 Å². The molecule has 1 aliphatic carbocycles. The van der Waals surface area contributed by atoms with Crippen LogP contribution in [0.5, 0.6) is 0 Å². The van der Waals surface area contributed by atoms with Crippen molar-refractivity contribution in [3.05, 3.63) is 30.1 Å². The van der Waals surface area contributed by atoms with Gasteiger partial charge < -0.3 is 5.32 Å². The molecule has 3 nitrogen and oxygen atoms in total. The van der Waals surface area contributed by atoms with Gasteiger partial charge >= 0.3 is 0 Å². The van der Waals surface area contributed by atoms with Gasteiger partial charge in [-0.3, -0.25) is 9.78 Å². The van der Waals surface area contributed by atoms with Crippen molar-refractivity contribution < 1.29 is 9.18 Å². The minimum Gasteiger partial charge on any atom is -0.349 e. The zero-order chi connectivity index (χ0) is 10.7. The van der Waals surface area contributed by atoms with Crippen LogP contribution in [0.1, 0.15) is 29.6 Å². The van der Waals surface area contributed by atoms with Crippen LogP contribution in [0.25, 0.3) is 0 Å². The Kier molecular flexibility index (Phi) is 2.94. The van der Waals surface area contributed by atoms with Crippen LogP contribution in [0.15, 0.2) is 24.5 Å². The molecule has 0 aliphatic heterocycles. The van der Waals surface area contributed by atoms with Crippen molar-refractivity contribution in [1.29, 1.82) is 0 Å². The van der Waals surface area contributed by atoms with Crippen molar-refractivity contribution in [3.8, 4) is 0 Å². The van der Waals surface area contributed by atoms with Crippen LogP contribution in [0.3, 0.4) is 0 Å². The van der Waals surface area contributed by atoms with Crippen molar-refractivity contribution in [2.45, 2.75) is 31.5 Å². The van der Waals surface area contributed by atoms with Crippen LogP contribution in [-0.4, -0.2) is 23.1 Å². The molecule has 1 aliphatic rings. The average Bonchev–Trinajstić information content (AvgIpc) is 2.65. The molecule has 1 N–H and O–H groups in total. The maximum absolute atomic E-state index is 12.9. The highest BCUT2D eigenvalue weighted by Gasteiger charge is 2.25. The first kappa shape index (κ1) is 10.1. The Hall–Kier alpha value is -1.45. The zero-order valence-corrected chi connectivity index (χ0v) is 8.32. The van der Waals surface area contributed by atoms with Crippen LogP contribution < -0.4 is 5.32 Å². The molecule has 0 aromatic carbocycles. The predicted molar refractivity (Wildman–Crippen MR) is 54.2 cm³/mol. The van der Waals surface area contributed by atoms with E-state index in [2.05, 4.69) is 10.3 Å². The molecule has 0 radical (unpaired) electrons. The van der Waals surface area contributed by atoms with E-state index in [1.165, 1.54) is 0 Å². The van der Waals surface area contributed by atoms with Crippen molar-refractivity contribution in [3.63, 3.8) is 0 Å². The maximum Gasteiger partial charge on any atom is 0.251 e. The second-order valence-electron chi connectivity index (χ2n) is 3.82. The first-order valence-electron chi connectivity index (χ1n) is 5.10. The molecule has 1 amide bonds. The Morgan fingerprint density at radius 2 is 2.13 bits per heavy atom. The lowest BCUT2D eigenvalue weighted by Gasteiger charge is -2.11. The number of hydrogen-bond acceptors (Lipinski definition) is 2. The van der Waals surface area contributed by atoms with E-state index in [0.717, 1.165) is 6.42 Å². The van der Waals surface area contributed by atoms with Gasteiger partial charge in [0.2, 0.25) is 0 Å². The van der Waals surface area contributed by atoms with Gasteiger partial charge in [-0.25, -0.2) is 4.39 Å². The number of hydrogen-bond donors (Lipinski definition) is 1. The van der Waals surface area contributed by atoms with Gasteiger partial charge in [0.25, 0.3) is 5.91 Å². The fraction of sp³-hybridized carbons (Fsp3) is 0.455. The van der Waals surface area contributed by atoms with Gasteiger partial charge in [-0.1, -0.05) is 0 Å². The van der Waals surface area contributed by atoms with Crippen molar-refractivity contribution in [2.75, 3.05) is 0 Å². The summed E-state index contributed by atoms with van der Waals surface area (Å²) in [6.45, 7) is 0. The zero-order valence-electron chi connectivity index (χ0n) is 8.32. The number of nitrogens with zero attached hydrogens (tertiary/aromatic N) is 1. The molecule has 1 aromatic rings. The highest BCUT2D eigenvalue weighted by atomic mass is 19.1. The normalized spacial score (nSPS) is 25.1. The van der Waals surface area contributed by atoms with E-state index in [0.29, 0.717) is 18.4 Å². The molecule has 1 heterocycles.